The van der Waals surface area contributed by atoms with Crippen LogP contribution in [-0.2, 0) is 51.7 Å². The summed E-state index contributed by atoms with van der Waals surface area (Å²) in [5.41, 5.74) is 2.41. The highest BCUT2D eigenvalue weighted by Gasteiger charge is 2.39. The molecule has 0 saturated carbocycles. The minimum atomic E-state index is -4.14. The summed E-state index contributed by atoms with van der Waals surface area (Å²) in [6, 6.07) is 8.76. The molecule has 0 spiro atoms. The lowest BCUT2D eigenvalue weighted by Gasteiger charge is -2.44. The number of carboxylic acid groups (broad SMARTS) is 1. The lowest BCUT2D eigenvalue weighted by Crippen LogP contribution is -2.61. The molecule has 8 rings (SSSR count). The van der Waals surface area contributed by atoms with E-state index in [9.17, 15) is 36.3 Å². The van der Waals surface area contributed by atoms with Crippen molar-refractivity contribution < 1.29 is 40.9 Å². The van der Waals surface area contributed by atoms with E-state index in [2.05, 4.69) is 20.2 Å². The highest BCUT2D eigenvalue weighted by atomic mass is 32.2. The summed E-state index contributed by atoms with van der Waals surface area (Å²) >= 11 is 0. The molecule has 0 aliphatic carbocycles. The van der Waals surface area contributed by atoms with E-state index in [0.29, 0.717) is 57.8 Å². The average molecular weight is 993 g/mol. The monoisotopic (exact) mass is 992 g/mol. The van der Waals surface area contributed by atoms with E-state index < -0.39 is 43.7 Å². The van der Waals surface area contributed by atoms with Gasteiger partial charge < -0.3 is 29.3 Å². The van der Waals surface area contributed by atoms with E-state index in [4.69, 9.17) is 24.2 Å². The van der Waals surface area contributed by atoms with Crippen LogP contribution in [0.3, 0.4) is 0 Å². The van der Waals surface area contributed by atoms with Gasteiger partial charge in [0.25, 0.3) is 11.1 Å². The Labute approximate surface area is 397 Å². The van der Waals surface area contributed by atoms with E-state index in [0.717, 1.165) is 12.8 Å². The molecule has 0 unspecified atom stereocenters. The van der Waals surface area contributed by atoms with Gasteiger partial charge in [-0.05, 0) is 63.1 Å². The minimum absolute atomic E-state index is 0.0242. The number of nitrogens with one attached hydrogen (secondary N) is 2. The number of ether oxygens (including phenoxy) is 3. The van der Waals surface area contributed by atoms with E-state index in [-0.39, 0.29) is 98.1 Å². The van der Waals surface area contributed by atoms with E-state index in [1.165, 1.54) is 54.4 Å². The summed E-state index contributed by atoms with van der Waals surface area (Å²) < 4.78 is 79.7. The summed E-state index contributed by atoms with van der Waals surface area (Å²) in [7, 11) is -4.95. The lowest BCUT2D eigenvalue weighted by molar-refractivity contribution is -0.141. The first kappa shape index (κ1) is 49.2. The number of aromatic amines is 2. The molecule has 6 heterocycles. The second-order valence-electron chi connectivity index (χ2n) is 16.6. The molecule has 0 atom stereocenters. The Balaban J connectivity index is 0.981. The smallest absolute Gasteiger partial charge is 0.493 e. The number of carbonyl (C=O) groups is 1. The van der Waals surface area contributed by atoms with Gasteiger partial charge in [0, 0.05) is 66.5 Å². The Kier molecular flexibility index (Phi) is 14.3. The molecule has 370 valence electrons. The summed E-state index contributed by atoms with van der Waals surface area (Å²) in [5.74, 6) is 0.905. The molecule has 6 aromatic rings. The van der Waals surface area contributed by atoms with Crippen molar-refractivity contribution in [1.29, 1.82) is 0 Å². The summed E-state index contributed by atoms with van der Waals surface area (Å²) in [4.78, 5) is 57.1. The largest absolute Gasteiger partial charge is 0.508 e. The molecule has 2 fully saturated rings. The molecular weight excluding hydrogens is 937 g/mol. The Bertz CT molecular complexity index is 3040. The van der Waals surface area contributed by atoms with Crippen molar-refractivity contribution in [1.82, 2.24) is 57.9 Å². The predicted molar refractivity (Wildman–Crippen MR) is 253 cm³/mol. The minimum Gasteiger partial charge on any atom is -0.493 e. The van der Waals surface area contributed by atoms with Gasteiger partial charge in [0.2, 0.25) is 26.4 Å². The van der Waals surface area contributed by atoms with Gasteiger partial charge in [0.05, 0.1) is 45.5 Å². The number of sulfonamides is 2. The van der Waals surface area contributed by atoms with Gasteiger partial charge in [-0.1, -0.05) is 26.7 Å². The standard InChI is InChI=1S/C44H56N12O11S2/c1-7-11-31-35-37(51(5)49-31)41(57)47-39(45-35)29-25-27(13-15-33(29)65-9-3)68(61,62)55-21-17-53(18-22-55)43(67-44(59)60)54-19-23-56(24-20-54)69(63,64)28-14-16-34(66-10-4)30(26-28)40-46-36-32(12-8-2)50-52(6)38(36)42(58)48-40/h13-16,25-26,43H,7-12,17-24H2,1-6H3,(H,59,60)(H,45,47,57)(H,46,48,58). The second kappa shape index (κ2) is 20.0. The fourth-order valence-electron chi connectivity index (χ4n) is 8.93. The van der Waals surface area contributed by atoms with Gasteiger partial charge in [-0.25, -0.2) is 31.6 Å². The van der Waals surface area contributed by atoms with Gasteiger partial charge in [-0.3, -0.25) is 28.8 Å². The molecule has 69 heavy (non-hydrogen) atoms. The predicted octanol–water partition coefficient (Wildman–Crippen LogP) is 2.95. The molecule has 2 aliphatic heterocycles. The van der Waals surface area contributed by atoms with Crippen molar-refractivity contribution in [3.8, 4) is 34.3 Å². The van der Waals surface area contributed by atoms with E-state index in [1.54, 1.807) is 37.7 Å². The Morgan fingerprint density at radius 1 is 0.652 bits per heavy atom. The van der Waals surface area contributed by atoms with Crippen LogP contribution in [0.25, 0.3) is 44.8 Å². The molecule has 25 heteroatoms. The Hall–Kier alpha value is -6.25. The zero-order valence-electron chi connectivity index (χ0n) is 39.3. The molecule has 0 amide bonds. The van der Waals surface area contributed by atoms with Crippen LogP contribution in [0, 0.1) is 0 Å². The number of hydrogen-bond donors (Lipinski definition) is 3. The van der Waals surface area contributed by atoms with E-state index in [1.807, 2.05) is 13.8 Å². The van der Waals surface area contributed by atoms with Crippen LogP contribution in [0.1, 0.15) is 51.9 Å². The average Bonchev–Trinajstić information content (AvgIpc) is 3.82. The van der Waals surface area contributed by atoms with Crippen molar-refractivity contribution in [3.63, 3.8) is 0 Å². The topological polar surface area (TPSA) is 273 Å². The number of fused-ring (bicyclic) bond motifs is 2. The van der Waals surface area contributed by atoms with Crippen LogP contribution in [0.15, 0.2) is 55.8 Å². The van der Waals surface area contributed by atoms with Gasteiger partial charge in [-0.15, -0.1) is 0 Å². The number of rotatable bonds is 17. The molecule has 4 aromatic heterocycles. The van der Waals surface area contributed by atoms with Gasteiger partial charge in [0.15, 0.2) is 11.0 Å². The molecule has 0 radical (unpaired) electrons. The van der Waals surface area contributed by atoms with Crippen LogP contribution >= 0.6 is 0 Å². The van der Waals surface area contributed by atoms with Crippen LogP contribution in [0.5, 0.6) is 11.5 Å². The van der Waals surface area contributed by atoms with Crippen molar-refractivity contribution >= 4 is 48.3 Å². The summed E-state index contributed by atoms with van der Waals surface area (Å²) in [5, 5.41) is 18.8. The zero-order valence-corrected chi connectivity index (χ0v) is 40.9. The number of hydrogen-bond acceptors (Lipinski definition) is 16. The van der Waals surface area contributed by atoms with Crippen LogP contribution in [0.4, 0.5) is 4.79 Å². The quantitative estimate of drug-likeness (QED) is 0.111. The van der Waals surface area contributed by atoms with Crippen LogP contribution < -0.4 is 20.6 Å². The first-order chi connectivity index (χ1) is 33.0. The number of aromatic nitrogens is 8. The number of piperazine rings is 2. The second-order valence-corrected chi connectivity index (χ2v) is 20.5. The third-order valence-electron chi connectivity index (χ3n) is 12.2. The molecular formula is C44H56N12O11S2. The summed E-state index contributed by atoms with van der Waals surface area (Å²) in [6.45, 7) is 8.33. The Morgan fingerprint density at radius 3 is 1.39 bits per heavy atom. The van der Waals surface area contributed by atoms with Crippen molar-refractivity contribution in [2.45, 2.75) is 69.5 Å². The third-order valence-corrected chi connectivity index (χ3v) is 16.0. The van der Waals surface area contributed by atoms with Gasteiger partial charge in [0.1, 0.15) is 34.2 Å². The SMILES string of the molecule is CCCc1nn(C)c2c(=O)[nH]c(-c3cc(S(=O)(=O)N4CCN(C(OC(=O)O)N5CCN(S(=O)(=O)c6ccc(OCC)c(-c7nc8c(CCC)nn(C)c8c(=O)[nH]7)c6)CC5)CC4)ccc3OCC)nc12. The lowest BCUT2D eigenvalue weighted by atomic mass is 10.1. The molecule has 2 aliphatic rings. The number of nitrogens with zero attached hydrogens (tertiary/aromatic N) is 10. The van der Waals surface area contributed by atoms with Crippen LogP contribution in [0.2, 0.25) is 0 Å². The normalized spacial score (nSPS) is 15.9. The number of aryl methyl sites for hydroxylation is 4. The molecule has 2 aromatic carbocycles. The van der Waals surface area contributed by atoms with Gasteiger partial charge in [-0.2, -0.15) is 18.8 Å². The Morgan fingerprint density at radius 2 is 1.04 bits per heavy atom. The number of H-pyrrole nitrogens is 2. The maximum absolute atomic E-state index is 14.3. The van der Waals surface area contributed by atoms with Gasteiger partial charge >= 0.3 is 6.16 Å². The molecule has 0 bridgehead atoms. The van der Waals surface area contributed by atoms with Crippen molar-refractivity contribution in [2.75, 3.05) is 65.6 Å². The van der Waals surface area contributed by atoms with Crippen molar-refractivity contribution in [2.24, 2.45) is 14.1 Å². The highest BCUT2D eigenvalue weighted by molar-refractivity contribution is 7.89. The highest BCUT2D eigenvalue weighted by Crippen LogP contribution is 2.35. The number of benzene rings is 2. The van der Waals surface area contributed by atoms with Crippen LogP contribution in [-0.4, -0.2) is 158 Å². The fraction of sp³-hybridized carbons (Fsp3) is 0.477. The first-order valence-electron chi connectivity index (χ1n) is 22.8. The first-order valence-corrected chi connectivity index (χ1v) is 25.7. The third kappa shape index (κ3) is 9.57. The maximum Gasteiger partial charge on any atom is 0.508 e. The zero-order chi connectivity index (χ0) is 49.4. The van der Waals surface area contributed by atoms with E-state index >= 15 is 0 Å². The molecule has 2 saturated heterocycles. The maximum atomic E-state index is 14.3. The molecule has 23 nitrogen and oxygen atoms in total. The molecule has 3 N–H and O–H groups in total. The fourth-order valence-corrected chi connectivity index (χ4v) is 11.8. The summed E-state index contributed by atoms with van der Waals surface area (Å²) in [6.07, 6.45) is 0.0267. The van der Waals surface area contributed by atoms with Crippen molar-refractivity contribution in [3.05, 3.63) is 68.5 Å².